The van der Waals surface area contributed by atoms with Gasteiger partial charge in [-0.3, -0.25) is 9.59 Å². The number of hydrogen-bond donors (Lipinski definition) is 3. The summed E-state index contributed by atoms with van der Waals surface area (Å²) in [7, 11) is -2.20. The summed E-state index contributed by atoms with van der Waals surface area (Å²) in [6.07, 6.45) is 1.77. The molecule has 180 valence electrons. The Bertz CT molecular complexity index is 1460. The van der Waals surface area contributed by atoms with Crippen molar-refractivity contribution in [2.75, 3.05) is 12.4 Å². The molecule has 1 amide bonds. The van der Waals surface area contributed by atoms with Crippen LogP contribution in [0.15, 0.2) is 87.1 Å². The Kier molecular flexibility index (Phi) is 7.09. The molecule has 0 aliphatic rings. The zero-order chi connectivity index (χ0) is 24.8. The van der Waals surface area contributed by atoms with Crippen LogP contribution in [0.5, 0.6) is 5.75 Å². The van der Waals surface area contributed by atoms with E-state index in [1.54, 1.807) is 31.4 Å². The standard InChI is InChI=1S/C24H22N4O6S/c1-33-18-8-4-16(5-9-18)13-22-27-21(14-23(29)28-22)24(30)26-17-6-10-20(11-7-17)35(31,32)25-15-19-3-2-12-34-19/h2-12,14,25H,13,15H2,1H3,(H,26,30)(H,27,28,29). The SMILES string of the molecule is COc1ccc(Cc2nc(C(=O)Nc3ccc(S(=O)(=O)NCc4ccco4)cc3)cc(=O)[nH]2)cc1. The number of carbonyl (C=O) groups excluding carboxylic acids is 1. The van der Waals surface area contributed by atoms with Crippen molar-refractivity contribution in [1.29, 1.82) is 0 Å². The monoisotopic (exact) mass is 494 g/mol. The van der Waals surface area contributed by atoms with Gasteiger partial charge in [0.2, 0.25) is 10.0 Å². The molecule has 3 N–H and O–H groups in total. The maximum atomic E-state index is 12.7. The van der Waals surface area contributed by atoms with Gasteiger partial charge in [-0.05, 0) is 54.1 Å². The van der Waals surface area contributed by atoms with Crippen LogP contribution in [-0.4, -0.2) is 31.4 Å². The minimum Gasteiger partial charge on any atom is -0.497 e. The Morgan fingerprint density at radius 3 is 2.49 bits per heavy atom. The maximum Gasteiger partial charge on any atom is 0.274 e. The fourth-order valence-electron chi connectivity index (χ4n) is 3.22. The molecule has 10 nitrogen and oxygen atoms in total. The zero-order valence-electron chi connectivity index (χ0n) is 18.6. The first-order valence-electron chi connectivity index (χ1n) is 10.5. The van der Waals surface area contributed by atoms with E-state index >= 15 is 0 Å². The highest BCUT2D eigenvalue weighted by Crippen LogP contribution is 2.16. The number of carbonyl (C=O) groups is 1. The molecule has 4 aromatic rings. The first-order valence-corrected chi connectivity index (χ1v) is 12.0. The quantitative estimate of drug-likeness (QED) is 0.325. The number of nitrogens with one attached hydrogen (secondary N) is 3. The number of benzene rings is 2. The van der Waals surface area contributed by atoms with Crippen LogP contribution in [0, 0.1) is 0 Å². The van der Waals surface area contributed by atoms with E-state index in [2.05, 4.69) is 20.0 Å². The summed E-state index contributed by atoms with van der Waals surface area (Å²) in [5.41, 5.74) is 0.703. The number of hydrogen-bond acceptors (Lipinski definition) is 7. The van der Waals surface area contributed by atoms with Gasteiger partial charge in [0.15, 0.2) is 0 Å². The van der Waals surface area contributed by atoms with Gasteiger partial charge in [-0.2, -0.15) is 0 Å². The molecule has 0 aliphatic carbocycles. The van der Waals surface area contributed by atoms with Crippen LogP contribution in [0.2, 0.25) is 0 Å². The molecule has 0 spiro atoms. The van der Waals surface area contributed by atoms with Gasteiger partial charge in [0.1, 0.15) is 23.0 Å². The first-order chi connectivity index (χ1) is 16.8. The molecule has 0 fully saturated rings. The number of amides is 1. The second-order valence-electron chi connectivity index (χ2n) is 7.48. The van der Waals surface area contributed by atoms with Gasteiger partial charge in [-0.25, -0.2) is 18.1 Å². The van der Waals surface area contributed by atoms with Crippen molar-refractivity contribution in [3.05, 3.63) is 106 Å². The lowest BCUT2D eigenvalue weighted by molar-refractivity contribution is 0.102. The lowest BCUT2D eigenvalue weighted by Gasteiger charge is -2.09. The van der Waals surface area contributed by atoms with Crippen molar-refractivity contribution in [3.63, 3.8) is 0 Å². The van der Waals surface area contributed by atoms with E-state index in [0.717, 1.165) is 11.6 Å². The number of methoxy groups -OCH3 is 1. The van der Waals surface area contributed by atoms with Crippen LogP contribution < -0.4 is 20.3 Å². The Morgan fingerprint density at radius 1 is 1.09 bits per heavy atom. The molecule has 35 heavy (non-hydrogen) atoms. The third kappa shape index (κ3) is 6.22. The highest BCUT2D eigenvalue weighted by molar-refractivity contribution is 7.89. The molecule has 0 saturated heterocycles. The molecule has 11 heteroatoms. The van der Waals surface area contributed by atoms with Gasteiger partial charge in [-0.1, -0.05) is 12.1 Å². The van der Waals surface area contributed by atoms with Crippen LogP contribution >= 0.6 is 0 Å². The number of aromatic amines is 1. The maximum absolute atomic E-state index is 12.7. The molecular formula is C24H22N4O6S. The molecule has 0 bridgehead atoms. The smallest absolute Gasteiger partial charge is 0.274 e. The second-order valence-corrected chi connectivity index (χ2v) is 9.25. The summed E-state index contributed by atoms with van der Waals surface area (Å²) in [6.45, 7) is 0.0148. The number of nitrogens with zero attached hydrogens (tertiary/aromatic N) is 1. The minimum atomic E-state index is -3.77. The van der Waals surface area contributed by atoms with Gasteiger partial charge >= 0.3 is 0 Å². The summed E-state index contributed by atoms with van der Waals surface area (Å²) in [5.74, 6) is 0.917. The summed E-state index contributed by atoms with van der Waals surface area (Å²) in [5, 5.41) is 2.62. The van der Waals surface area contributed by atoms with Crippen molar-refractivity contribution in [3.8, 4) is 5.75 Å². The lowest BCUT2D eigenvalue weighted by Crippen LogP contribution is -2.23. The average Bonchev–Trinajstić information content (AvgIpc) is 3.37. The normalized spacial score (nSPS) is 11.2. The highest BCUT2D eigenvalue weighted by Gasteiger charge is 2.16. The molecule has 2 aromatic carbocycles. The number of ether oxygens (including phenoxy) is 1. The summed E-state index contributed by atoms with van der Waals surface area (Å²) in [6, 6.07) is 17.3. The molecule has 0 saturated carbocycles. The van der Waals surface area contributed by atoms with E-state index in [4.69, 9.17) is 9.15 Å². The Balaban J connectivity index is 1.43. The van der Waals surface area contributed by atoms with E-state index < -0.39 is 21.5 Å². The number of furan rings is 1. The van der Waals surface area contributed by atoms with E-state index in [-0.39, 0.29) is 17.1 Å². The number of H-pyrrole nitrogens is 1. The van der Waals surface area contributed by atoms with Gasteiger partial charge < -0.3 is 19.5 Å². The fourth-order valence-corrected chi connectivity index (χ4v) is 4.21. The van der Waals surface area contributed by atoms with Gasteiger partial charge in [0, 0.05) is 18.2 Å². The Morgan fingerprint density at radius 2 is 1.83 bits per heavy atom. The average molecular weight is 495 g/mol. The van der Waals surface area contributed by atoms with Crippen LogP contribution in [0.4, 0.5) is 5.69 Å². The number of aromatic nitrogens is 2. The number of anilines is 1. The number of rotatable bonds is 9. The van der Waals surface area contributed by atoms with Crippen LogP contribution in [0.1, 0.15) is 27.6 Å². The first kappa shape index (κ1) is 23.9. The minimum absolute atomic E-state index is 0.0148. The van der Waals surface area contributed by atoms with Crippen LogP contribution in [0.3, 0.4) is 0 Å². The van der Waals surface area contributed by atoms with Crippen LogP contribution in [-0.2, 0) is 23.0 Å². The Labute approximate surface area is 201 Å². The van der Waals surface area contributed by atoms with Gasteiger partial charge in [0.05, 0.1) is 24.8 Å². The topological polar surface area (TPSA) is 143 Å². The molecule has 0 unspecified atom stereocenters. The summed E-state index contributed by atoms with van der Waals surface area (Å²) >= 11 is 0. The molecule has 2 heterocycles. The van der Waals surface area contributed by atoms with Crippen molar-refractivity contribution >= 4 is 21.6 Å². The van der Waals surface area contributed by atoms with E-state index in [9.17, 15) is 18.0 Å². The van der Waals surface area contributed by atoms with Gasteiger partial charge in [-0.15, -0.1) is 0 Å². The zero-order valence-corrected chi connectivity index (χ0v) is 19.5. The highest BCUT2D eigenvalue weighted by atomic mass is 32.2. The summed E-state index contributed by atoms with van der Waals surface area (Å²) in [4.78, 5) is 31.7. The van der Waals surface area contributed by atoms with E-state index in [0.29, 0.717) is 29.4 Å². The summed E-state index contributed by atoms with van der Waals surface area (Å²) < 4.78 is 37.6. The van der Waals surface area contributed by atoms with Crippen molar-refractivity contribution in [2.24, 2.45) is 0 Å². The van der Waals surface area contributed by atoms with E-state index in [1.807, 2.05) is 12.1 Å². The third-order valence-electron chi connectivity index (χ3n) is 4.99. The predicted molar refractivity (Wildman–Crippen MR) is 128 cm³/mol. The number of sulfonamides is 1. The molecule has 0 radical (unpaired) electrons. The van der Waals surface area contributed by atoms with Crippen molar-refractivity contribution < 1.29 is 22.4 Å². The van der Waals surface area contributed by atoms with E-state index in [1.165, 1.54) is 30.5 Å². The van der Waals surface area contributed by atoms with Crippen molar-refractivity contribution in [2.45, 2.75) is 17.9 Å². The predicted octanol–water partition coefficient (Wildman–Crippen LogP) is 2.69. The lowest BCUT2D eigenvalue weighted by atomic mass is 10.1. The molecule has 0 aliphatic heterocycles. The molecular weight excluding hydrogens is 472 g/mol. The van der Waals surface area contributed by atoms with Crippen molar-refractivity contribution in [1.82, 2.24) is 14.7 Å². The molecule has 4 rings (SSSR count). The molecule has 2 aromatic heterocycles. The third-order valence-corrected chi connectivity index (χ3v) is 6.41. The molecule has 0 atom stereocenters. The second kappa shape index (κ2) is 10.4. The Hall–Kier alpha value is -4.22. The van der Waals surface area contributed by atoms with Crippen LogP contribution in [0.25, 0.3) is 0 Å². The largest absolute Gasteiger partial charge is 0.497 e. The van der Waals surface area contributed by atoms with Gasteiger partial charge in [0.25, 0.3) is 11.5 Å². The fraction of sp³-hybridized carbons (Fsp3) is 0.125.